The molecule has 1 heterocycles. The maximum absolute atomic E-state index is 13.2. The van der Waals surface area contributed by atoms with Gasteiger partial charge in [0.25, 0.3) is 11.8 Å². The van der Waals surface area contributed by atoms with E-state index in [-0.39, 0.29) is 5.69 Å². The van der Waals surface area contributed by atoms with Crippen LogP contribution in [0.25, 0.3) is 5.57 Å². The number of rotatable bonds is 1. The van der Waals surface area contributed by atoms with Crippen molar-refractivity contribution in [3.8, 4) is 0 Å². The van der Waals surface area contributed by atoms with E-state index in [1.807, 2.05) is 0 Å². The van der Waals surface area contributed by atoms with Crippen molar-refractivity contribution in [1.82, 2.24) is 4.98 Å². The van der Waals surface area contributed by atoms with Crippen LogP contribution in [0.5, 0.6) is 0 Å². The van der Waals surface area contributed by atoms with Gasteiger partial charge in [-0.1, -0.05) is 6.07 Å². The predicted molar refractivity (Wildman–Crippen MR) is 46.7 cm³/mol. The van der Waals surface area contributed by atoms with Crippen LogP contribution in [0.3, 0.4) is 0 Å². The van der Waals surface area contributed by atoms with Gasteiger partial charge in [-0.25, -0.2) is 17.6 Å². The van der Waals surface area contributed by atoms with Gasteiger partial charge in [0.1, 0.15) is 0 Å². The summed E-state index contributed by atoms with van der Waals surface area (Å²) in [5.41, 5.74) is -0.784. The fourth-order valence-electron chi connectivity index (χ4n) is 1.54. The number of hydrogen-bond acceptors (Lipinski definition) is 1. The normalized spacial score (nSPS) is 22.5. The highest BCUT2D eigenvalue weighted by Gasteiger charge is 2.52. The largest absolute Gasteiger partial charge is 0.281 e. The fraction of sp³-hybridized carbons (Fsp3) is 0.300. The first-order valence-corrected chi connectivity index (χ1v) is 4.31. The van der Waals surface area contributed by atoms with Crippen molar-refractivity contribution in [2.45, 2.75) is 18.3 Å². The van der Waals surface area contributed by atoms with Gasteiger partial charge in [-0.05, 0) is 18.2 Å². The summed E-state index contributed by atoms with van der Waals surface area (Å²) in [4.78, 5) is 3.64. The van der Waals surface area contributed by atoms with E-state index in [0.29, 0.717) is 6.08 Å². The minimum absolute atomic E-state index is 0.0975. The first kappa shape index (κ1) is 10.1. The number of aromatic nitrogens is 1. The number of pyridine rings is 1. The summed E-state index contributed by atoms with van der Waals surface area (Å²) in [6.07, 6.45) is 0.129. The van der Waals surface area contributed by atoms with Gasteiger partial charge in [-0.3, -0.25) is 4.98 Å². The Balaban J connectivity index is 2.45. The number of nitrogens with zero attached hydrogens (tertiary/aromatic N) is 1. The lowest BCUT2D eigenvalue weighted by Crippen LogP contribution is -2.20. The average molecular weight is 217 g/mol. The lowest BCUT2D eigenvalue weighted by molar-refractivity contribution is -0.0315. The van der Waals surface area contributed by atoms with Crippen LogP contribution in [0.1, 0.15) is 12.1 Å². The number of halogens is 4. The summed E-state index contributed by atoms with van der Waals surface area (Å²) in [5, 5.41) is 0. The number of alkyl halides is 4. The van der Waals surface area contributed by atoms with Crippen molar-refractivity contribution in [3.05, 3.63) is 36.2 Å². The van der Waals surface area contributed by atoms with Crippen LogP contribution in [-0.4, -0.2) is 16.8 Å². The molecule has 0 saturated heterocycles. The lowest BCUT2D eigenvalue weighted by atomic mass is 10.1. The monoisotopic (exact) mass is 217 g/mol. The zero-order chi connectivity index (χ0) is 11.1. The minimum Gasteiger partial charge on any atom is -0.256 e. The molecule has 0 unspecified atom stereocenters. The first-order valence-electron chi connectivity index (χ1n) is 4.31. The average Bonchev–Trinajstić information content (AvgIpc) is 2.36. The molecule has 1 nitrogen and oxygen atoms in total. The van der Waals surface area contributed by atoms with Crippen LogP contribution in [0, 0.1) is 0 Å². The van der Waals surface area contributed by atoms with Crippen LogP contribution in [0.15, 0.2) is 30.5 Å². The molecule has 0 bridgehead atoms. The Kier molecular flexibility index (Phi) is 2.06. The highest BCUT2D eigenvalue weighted by molar-refractivity contribution is 5.71. The van der Waals surface area contributed by atoms with E-state index in [0.717, 1.165) is 0 Å². The van der Waals surface area contributed by atoms with Crippen LogP contribution in [-0.2, 0) is 0 Å². The van der Waals surface area contributed by atoms with Crippen molar-refractivity contribution < 1.29 is 17.6 Å². The third-order valence-corrected chi connectivity index (χ3v) is 2.15. The maximum atomic E-state index is 13.2. The quantitative estimate of drug-likeness (QED) is 0.658. The van der Waals surface area contributed by atoms with E-state index >= 15 is 0 Å². The molecule has 0 aliphatic heterocycles. The van der Waals surface area contributed by atoms with Crippen molar-refractivity contribution in [2.75, 3.05) is 0 Å². The van der Waals surface area contributed by atoms with Crippen molar-refractivity contribution in [1.29, 1.82) is 0 Å². The van der Waals surface area contributed by atoms with Gasteiger partial charge in [0.05, 0.1) is 12.1 Å². The molecule has 2 rings (SSSR count). The maximum Gasteiger partial charge on any atom is 0.281 e. The first-order chi connectivity index (χ1) is 6.91. The molecule has 1 aromatic rings. The van der Waals surface area contributed by atoms with E-state index in [1.165, 1.54) is 24.4 Å². The van der Waals surface area contributed by atoms with E-state index < -0.39 is 23.8 Å². The molecular formula is C10H7F4N. The Hall–Kier alpha value is -1.39. The van der Waals surface area contributed by atoms with Crippen molar-refractivity contribution in [3.63, 3.8) is 0 Å². The molecule has 1 aliphatic rings. The van der Waals surface area contributed by atoms with Gasteiger partial charge >= 0.3 is 0 Å². The van der Waals surface area contributed by atoms with Crippen LogP contribution in [0.2, 0.25) is 0 Å². The summed E-state index contributed by atoms with van der Waals surface area (Å²) in [7, 11) is 0. The Morgan fingerprint density at radius 2 is 1.87 bits per heavy atom. The third-order valence-electron chi connectivity index (χ3n) is 2.15. The number of allylic oxidation sites excluding steroid dienone is 2. The van der Waals surface area contributed by atoms with Crippen LogP contribution in [0.4, 0.5) is 17.6 Å². The second-order valence-electron chi connectivity index (χ2n) is 3.42. The van der Waals surface area contributed by atoms with E-state index in [1.54, 1.807) is 0 Å². The molecule has 0 atom stereocenters. The molecule has 0 amide bonds. The Labute approximate surface area is 83.4 Å². The molecule has 1 aromatic heterocycles. The van der Waals surface area contributed by atoms with E-state index in [4.69, 9.17) is 0 Å². The second kappa shape index (κ2) is 3.05. The molecule has 0 radical (unpaired) electrons. The van der Waals surface area contributed by atoms with Crippen LogP contribution >= 0.6 is 0 Å². The van der Waals surface area contributed by atoms with E-state index in [2.05, 4.69) is 4.98 Å². The molecule has 0 saturated carbocycles. The zero-order valence-electron chi connectivity index (χ0n) is 7.55. The van der Waals surface area contributed by atoms with E-state index in [9.17, 15) is 17.6 Å². The summed E-state index contributed by atoms with van der Waals surface area (Å²) in [6.45, 7) is 0. The predicted octanol–water partition coefficient (Wildman–Crippen LogP) is 3.14. The van der Waals surface area contributed by atoms with Crippen LogP contribution < -0.4 is 0 Å². The van der Waals surface area contributed by atoms with Gasteiger partial charge in [0.15, 0.2) is 0 Å². The van der Waals surface area contributed by atoms with Gasteiger partial charge in [-0.2, -0.15) is 0 Å². The Bertz CT molecular complexity index is 397. The third kappa shape index (κ3) is 1.86. The zero-order valence-corrected chi connectivity index (χ0v) is 7.55. The molecule has 5 heteroatoms. The van der Waals surface area contributed by atoms with Gasteiger partial charge in [0.2, 0.25) is 0 Å². The molecular weight excluding hydrogens is 210 g/mol. The molecule has 0 fully saturated rings. The van der Waals surface area contributed by atoms with Gasteiger partial charge < -0.3 is 0 Å². The molecule has 0 spiro atoms. The highest BCUT2D eigenvalue weighted by atomic mass is 19.3. The summed E-state index contributed by atoms with van der Waals surface area (Å²) in [5.74, 6) is -6.95. The molecule has 1 aliphatic carbocycles. The molecule has 80 valence electrons. The Morgan fingerprint density at radius 3 is 2.33 bits per heavy atom. The minimum atomic E-state index is -3.50. The molecule has 15 heavy (non-hydrogen) atoms. The summed E-state index contributed by atoms with van der Waals surface area (Å²) >= 11 is 0. The molecule has 0 aromatic carbocycles. The topological polar surface area (TPSA) is 12.9 Å². The Morgan fingerprint density at radius 1 is 1.13 bits per heavy atom. The smallest absolute Gasteiger partial charge is 0.256 e. The fourth-order valence-corrected chi connectivity index (χ4v) is 1.54. The van der Waals surface area contributed by atoms with Crippen molar-refractivity contribution >= 4 is 5.57 Å². The summed E-state index contributed by atoms with van der Waals surface area (Å²) in [6, 6.07) is 4.31. The number of hydrogen-bond donors (Lipinski definition) is 0. The van der Waals surface area contributed by atoms with Gasteiger partial charge in [-0.15, -0.1) is 0 Å². The second-order valence-corrected chi connectivity index (χ2v) is 3.42. The highest BCUT2D eigenvalue weighted by Crippen LogP contribution is 2.47. The summed E-state index contributed by atoms with van der Waals surface area (Å²) < 4.78 is 52.0. The SMILES string of the molecule is FC1(F)C=C(c2ccccn2)C(F)(F)C1. The van der Waals surface area contributed by atoms with Gasteiger partial charge in [0, 0.05) is 11.8 Å². The van der Waals surface area contributed by atoms with Crippen molar-refractivity contribution in [2.24, 2.45) is 0 Å². The lowest BCUT2D eigenvalue weighted by Gasteiger charge is -2.13. The molecule has 0 N–H and O–H groups in total. The standard InChI is InChI=1S/C10H7F4N/c11-9(12)5-7(10(13,14)6-9)8-3-1-2-4-15-8/h1-5H,6H2.